The highest BCUT2D eigenvalue weighted by atomic mass is 35.5. The maximum Gasteiger partial charge on any atom is 0.228 e. The Morgan fingerprint density at radius 2 is 1.93 bits per heavy atom. The number of anilines is 1. The van der Waals surface area contributed by atoms with Crippen LogP contribution in [-0.2, 0) is 23.5 Å². The molecule has 30 heavy (non-hydrogen) atoms. The van der Waals surface area contributed by atoms with E-state index in [2.05, 4.69) is 51.0 Å². The Morgan fingerprint density at radius 1 is 1.17 bits per heavy atom. The number of rotatable bonds is 8. The number of hydrogen-bond acceptors (Lipinski definition) is 7. The molecule has 3 heterocycles. The van der Waals surface area contributed by atoms with Gasteiger partial charge in [-0.25, -0.2) is 4.98 Å². The Hall–Kier alpha value is -1.61. The standard InChI is InChI=1S/C21H26ClN5OS2/c1-15(2)12-27-20(26-7-9-28-10-8-26)24-25-21(27)30-14-18-13-29-19(23-18)11-16-3-5-17(22)6-4-16/h3-6,13,15H,7-12,14H2,1-2H3. The van der Waals surface area contributed by atoms with E-state index in [0.29, 0.717) is 5.92 Å². The van der Waals surface area contributed by atoms with Crippen LogP contribution in [0.3, 0.4) is 0 Å². The maximum atomic E-state index is 5.98. The van der Waals surface area contributed by atoms with Gasteiger partial charge in [0.05, 0.1) is 23.9 Å². The van der Waals surface area contributed by atoms with Crippen molar-refractivity contribution in [2.24, 2.45) is 5.92 Å². The van der Waals surface area contributed by atoms with Crippen molar-refractivity contribution in [3.05, 3.63) is 50.9 Å². The summed E-state index contributed by atoms with van der Waals surface area (Å²) in [6.07, 6.45) is 0.831. The van der Waals surface area contributed by atoms with Crippen molar-refractivity contribution < 1.29 is 4.74 Å². The SMILES string of the molecule is CC(C)Cn1c(SCc2csc(Cc3ccc(Cl)cc3)n2)nnc1N1CCOCC1. The Balaban J connectivity index is 1.42. The number of aromatic nitrogens is 4. The van der Waals surface area contributed by atoms with Crippen LogP contribution < -0.4 is 4.90 Å². The van der Waals surface area contributed by atoms with Crippen LogP contribution in [0, 0.1) is 5.92 Å². The first-order chi connectivity index (χ1) is 14.6. The van der Waals surface area contributed by atoms with Crippen molar-refractivity contribution in [2.45, 2.75) is 37.7 Å². The summed E-state index contributed by atoms with van der Waals surface area (Å²) in [5.74, 6) is 2.26. The van der Waals surface area contributed by atoms with Crippen molar-refractivity contribution >= 4 is 40.6 Å². The van der Waals surface area contributed by atoms with E-state index in [0.717, 1.165) is 71.9 Å². The second kappa shape index (κ2) is 10.1. The average molecular weight is 464 g/mol. The average Bonchev–Trinajstić information content (AvgIpc) is 3.35. The highest BCUT2D eigenvalue weighted by Crippen LogP contribution is 2.27. The third kappa shape index (κ3) is 5.55. The highest BCUT2D eigenvalue weighted by molar-refractivity contribution is 7.98. The molecular weight excluding hydrogens is 438 g/mol. The van der Waals surface area contributed by atoms with Crippen LogP contribution in [-0.4, -0.2) is 46.1 Å². The molecule has 3 aromatic rings. The van der Waals surface area contributed by atoms with Gasteiger partial charge in [-0.05, 0) is 23.6 Å². The van der Waals surface area contributed by atoms with E-state index >= 15 is 0 Å². The predicted octanol–water partition coefficient (Wildman–Crippen LogP) is 4.76. The summed E-state index contributed by atoms with van der Waals surface area (Å²) in [5.41, 5.74) is 2.31. The van der Waals surface area contributed by atoms with Crippen LogP contribution in [0.25, 0.3) is 0 Å². The second-order valence-corrected chi connectivity index (χ2v) is 10.0. The molecule has 0 bridgehead atoms. The molecule has 160 valence electrons. The molecule has 6 nitrogen and oxygen atoms in total. The predicted molar refractivity (Wildman–Crippen MR) is 124 cm³/mol. The Morgan fingerprint density at radius 3 is 2.67 bits per heavy atom. The van der Waals surface area contributed by atoms with Crippen LogP contribution in [0.4, 0.5) is 5.95 Å². The number of ether oxygens (including phenoxy) is 1. The zero-order valence-electron chi connectivity index (χ0n) is 17.3. The Labute approximate surface area is 190 Å². The number of hydrogen-bond donors (Lipinski definition) is 0. The number of thiazole rings is 1. The zero-order valence-corrected chi connectivity index (χ0v) is 19.6. The smallest absolute Gasteiger partial charge is 0.228 e. The lowest BCUT2D eigenvalue weighted by molar-refractivity contribution is 0.121. The van der Waals surface area contributed by atoms with Crippen molar-refractivity contribution in [1.29, 1.82) is 0 Å². The van der Waals surface area contributed by atoms with Crippen LogP contribution in [0.5, 0.6) is 0 Å². The van der Waals surface area contributed by atoms with Crippen LogP contribution in [0.1, 0.15) is 30.1 Å². The number of nitrogens with zero attached hydrogens (tertiary/aromatic N) is 5. The molecule has 0 aliphatic carbocycles. The van der Waals surface area contributed by atoms with Crippen LogP contribution in [0.2, 0.25) is 5.02 Å². The summed E-state index contributed by atoms with van der Waals surface area (Å²) >= 11 is 9.39. The summed E-state index contributed by atoms with van der Waals surface area (Å²) in [7, 11) is 0. The minimum absolute atomic E-state index is 0.519. The summed E-state index contributed by atoms with van der Waals surface area (Å²) in [5, 5.41) is 14.0. The molecule has 1 aliphatic heterocycles. The molecule has 1 aliphatic rings. The minimum Gasteiger partial charge on any atom is -0.378 e. The zero-order chi connectivity index (χ0) is 20.9. The Bertz CT molecular complexity index is 951. The van der Waals surface area contributed by atoms with Gasteiger partial charge < -0.3 is 9.64 Å². The van der Waals surface area contributed by atoms with E-state index in [9.17, 15) is 0 Å². The molecule has 0 saturated carbocycles. The molecule has 0 N–H and O–H groups in total. The van der Waals surface area contributed by atoms with Gasteiger partial charge in [0.25, 0.3) is 0 Å². The van der Waals surface area contributed by atoms with Gasteiger partial charge in [-0.2, -0.15) is 0 Å². The number of halogens is 1. The van der Waals surface area contributed by atoms with Gasteiger partial charge in [0.2, 0.25) is 5.95 Å². The second-order valence-electron chi connectivity index (χ2n) is 7.71. The third-order valence-electron chi connectivity index (χ3n) is 4.76. The van der Waals surface area contributed by atoms with Gasteiger partial charge in [-0.1, -0.05) is 49.3 Å². The lowest BCUT2D eigenvalue weighted by Gasteiger charge is -2.28. The molecule has 0 unspecified atom stereocenters. The quantitative estimate of drug-likeness (QED) is 0.449. The molecule has 0 atom stereocenters. The summed E-state index contributed by atoms with van der Waals surface area (Å²) < 4.78 is 7.74. The van der Waals surface area contributed by atoms with Gasteiger partial charge in [0, 0.05) is 42.2 Å². The molecule has 0 spiro atoms. The summed E-state index contributed by atoms with van der Waals surface area (Å²) in [6, 6.07) is 7.96. The monoisotopic (exact) mass is 463 g/mol. The van der Waals surface area contributed by atoms with Gasteiger partial charge in [-0.15, -0.1) is 21.5 Å². The summed E-state index contributed by atoms with van der Waals surface area (Å²) in [6.45, 7) is 8.56. The van der Waals surface area contributed by atoms with Gasteiger partial charge in [0.1, 0.15) is 0 Å². The summed E-state index contributed by atoms with van der Waals surface area (Å²) in [4.78, 5) is 7.08. The topological polar surface area (TPSA) is 56.1 Å². The normalized spacial score (nSPS) is 14.6. The molecule has 9 heteroatoms. The van der Waals surface area contributed by atoms with Gasteiger partial charge >= 0.3 is 0 Å². The van der Waals surface area contributed by atoms with E-state index in [1.165, 1.54) is 5.56 Å². The first-order valence-electron chi connectivity index (χ1n) is 10.1. The van der Waals surface area contributed by atoms with E-state index in [4.69, 9.17) is 21.3 Å². The van der Waals surface area contributed by atoms with E-state index in [-0.39, 0.29) is 0 Å². The van der Waals surface area contributed by atoms with E-state index in [1.807, 2.05) is 12.1 Å². The van der Waals surface area contributed by atoms with E-state index in [1.54, 1.807) is 23.1 Å². The lowest BCUT2D eigenvalue weighted by Crippen LogP contribution is -2.38. The number of morpholine rings is 1. The highest BCUT2D eigenvalue weighted by Gasteiger charge is 2.21. The molecule has 1 fully saturated rings. The van der Waals surface area contributed by atoms with Gasteiger partial charge in [-0.3, -0.25) is 4.57 Å². The minimum atomic E-state index is 0.519. The maximum absolute atomic E-state index is 5.98. The molecule has 2 aromatic heterocycles. The van der Waals surface area contributed by atoms with Crippen LogP contribution in [0.15, 0.2) is 34.8 Å². The van der Waals surface area contributed by atoms with Crippen molar-refractivity contribution in [2.75, 3.05) is 31.2 Å². The fraction of sp³-hybridized carbons (Fsp3) is 0.476. The fourth-order valence-electron chi connectivity index (χ4n) is 3.32. The van der Waals surface area contributed by atoms with Crippen molar-refractivity contribution in [3.63, 3.8) is 0 Å². The van der Waals surface area contributed by atoms with E-state index < -0.39 is 0 Å². The van der Waals surface area contributed by atoms with Crippen molar-refractivity contribution in [1.82, 2.24) is 19.7 Å². The molecule has 4 rings (SSSR count). The third-order valence-corrected chi connectivity index (χ3v) is 6.91. The van der Waals surface area contributed by atoms with Crippen molar-refractivity contribution in [3.8, 4) is 0 Å². The molecular formula is C21H26ClN5OS2. The fourth-order valence-corrected chi connectivity index (χ4v) is 5.22. The lowest BCUT2D eigenvalue weighted by atomic mass is 10.2. The van der Waals surface area contributed by atoms with Crippen LogP contribution >= 0.6 is 34.7 Å². The molecule has 1 saturated heterocycles. The number of benzene rings is 1. The molecule has 0 radical (unpaired) electrons. The first kappa shape index (κ1) is 21.6. The Kier molecular flexibility index (Phi) is 7.30. The molecule has 1 aromatic carbocycles. The molecule has 0 amide bonds. The largest absolute Gasteiger partial charge is 0.378 e. The van der Waals surface area contributed by atoms with Gasteiger partial charge in [0.15, 0.2) is 5.16 Å². The number of thioether (sulfide) groups is 1. The first-order valence-corrected chi connectivity index (χ1v) is 12.4.